The maximum absolute atomic E-state index is 8.33. The van der Waals surface area contributed by atoms with Gasteiger partial charge in [-0.05, 0) is 6.42 Å². The third kappa shape index (κ3) is 3.62. The molecule has 0 aliphatic heterocycles. The Labute approximate surface area is 66.8 Å². The molecule has 11 heavy (non-hydrogen) atoms. The van der Waals surface area contributed by atoms with Gasteiger partial charge in [0.05, 0.1) is 6.04 Å². The molecule has 0 fully saturated rings. The molecule has 0 aromatic carbocycles. The van der Waals surface area contributed by atoms with E-state index < -0.39 is 0 Å². The van der Waals surface area contributed by atoms with Gasteiger partial charge in [0, 0.05) is 6.54 Å². The van der Waals surface area contributed by atoms with Gasteiger partial charge in [0.15, 0.2) is 5.84 Å². The van der Waals surface area contributed by atoms with Gasteiger partial charge in [-0.2, -0.15) is 0 Å². The summed E-state index contributed by atoms with van der Waals surface area (Å²) in [6.45, 7) is 6.16. The first kappa shape index (κ1) is 9.97. The zero-order valence-corrected chi connectivity index (χ0v) is 6.75. The summed E-state index contributed by atoms with van der Waals surface area (Å²) in [4.78, 5) is 0. The third-order valence-electron chi connectivity index (χ3n) is 1.39. The topological polar surface area (TPSA) is 70.6 Å². The van der Waals surface area contributed by atoms with Gasteiger partial charge in [-0.25, -0.2) is 0 Å². The van der Waals surface area contributed by atoms with Crippen LogP contribution in [0.1, 0.15) is 13.3 Å². The molecule has 0 spiro atoms. The molecule has 4 nitrogen and oxygen atoms in total. The van der Waals surface area contributed by atoms with Crippen molar-refractivity contribution in [2.24, 2.45) is 10.9 Å². The number of hydrogen-bond acceptors (Lipinski definition) is 3. The van der Waals surface area contributed by atoms with Crippen LogP contribution in [0.5, 0.6) is 0 Å². The maximum Gasteiger partial charge on any atom is 0.156 e. The SMILES string of the molecule is C=CCNC(CC)C(N)=NO. The Balaban J connectivity index is 3.84. The minimum Gasteiger partial charge on any atom is -0.409 e. The Bertz CT molecular complexity index is 145. The van der Waals surface area contributed by atoms with Gasteiger partial charge < -0.3 is 16.3 Å². The number of nitrogens with zero attached hydrogens (tertiary/aromatic N) is 1. The van der Waals surface area contributed by atoms with Crippen molar-refractivity contribution < 1.29 is 5.21 Å². The number of rotatable bonds is 5. The molecule has 1 unspecified atom stereocenters. The fourth-order valence-electron chi connectivity index (χ4n) is 0.753. The van der Waals surface area contributed by atoms with Crippen LogP contribution >= 0.6 is 0 Å². The van der Waals surface area contributed by atoms with E-state index in [2.05, 4.69) is 17.1 Å². The zero-order chi connectivity index (χ0) is 8.69. The molecule has 0 aliphatic rings. The summed E-state index contributed by atoms with van der Waals surface area (Å²) in [7, 11) is 0. The average molecular weight is 157 g/mol. The first-order valence-corrected chi connectivity index (χ1v) is 3.58. The van der Waals surface area contributed by atoms with Crippen molar-refractivity contribution >= 4 is 5.84 Å². The molecule has 0 aromatic rings. The zero-order valence-electron chi connectivity index (χ0n) is 6.75. The summed E-state index contributed by atoms with van der Waals surface area (Å²) < 4.78 is 0. The van der Waals surface area contributed by atoms with Crippen molar-refractivity contribution in [2.75, 3.05) is 6.54 Å². The molecule has 0 bridgehead atoms. The molecule has 4 N–H and O–H groups in total. The second-order valence-corrected chi connectivity index (χ2v) is 2.18. The Hall–Kier alpha value is -1.03. The highest BCUT2D eigenvalue weighted by Gasteiger charge is 2.08. The van der Waals surface area contributed by atoms with E-state index in [1.807, 2.05) is 6.92 Å². The second-order valence-electron chi connectivity index (χ2n) is 2.18. The van der Waals surface area contributed by atoms with E-state index in [4.69, 9.17) is 10.9 Å². The molecule has 0 aliphatic carbocycles. The molecule has 0 saturated heterocycles. The lowest BCUT2D eigenvalue weighted by atomic mass is 10.2. The number of amidine groups is 1. The maximum atomic E-state index is 8.33. The summed E-state index contributed by atoms with van der Waals surface area (Å²) in [6, 6.07) is -0.0574. The number of nitrogens with two attached hydrogens (primary N) is 1. The lowest BCUT2D eigenvalue weighted by molar-refractivity contribution is 0.314. The second kappa shape index (κ2) is 5.73. The van der Waals surface area contributed by atoms with E-state index in [0.29, 0.717) is 6.54 Å². The number of nitrogens with one attached hydrogen (secondary N) is 1. The van der Waals surface area contributed by atoms with Crippen molar-refractivity contribution in [1.29, 1.82) is 0 Å². The summed E-state index contributed by atoms with van der Waals surface area (Å²) in [5.41, 5.74) is 5.37. The molecule has 0 heterocycles. The summed E-state index contributed by atoms with van der Waals surface area (Å²) in [6.07, 6.45) is 2.52. The normalized spacial score (nSPS) is 14.5. The van der Waals surface area contributed by atoms with Gasteiger partial charge in [-0.15, -0.1) is 6.58 Å². The standard InChI is InChI=1S/C7H15N3O/c1-3-5-9-6(4-2)7(8)10-11/h3,6,9,11H,1,4-5H2,2H3,(H2,8,10). The van der Waals surface area contributed by atoms with E-state index in [1.54, 1.807) is 6.08 Å². The Kier molecular flexibility index (Phi) is 5.20. The highest BCUT2D eigenvalue weighted by atomic mass is 16.4. The fraction of sp³-hybridized carbons (Fsp3) is 0.571. The number of oxime groups is 1. The van der Waals surface area contributed by atoms with Crippen LogP contribution in [0.15, 0.2) is 17.8 Å². The summed E-state index contributed by atoms with van der Waals surface area (Å²) >= 11 is 0. The van der Waals surface area contributed by atoms with Crippen molar-refractivity contribution in [1.82, 2.24) is 5.32 Å². The first-order chi connectivity index (χ1) is 5.26. The largest absolute Gasteiger partial charge is 0.409 e. The fourth-order valence-corrected chi connectivity index (χ4v) is 0.753. The Morgan fingerprint density at radius 1 is 1.91 bits per heavy atom. The van der Waals surface area contributed by atoms with Crippen molar-refractivity contribution in [2.45, 2.75) is 19.4 Å². The minimum atomic E-state index is -0.0574. The predicted octanol–water partition coefficient (Wildman–Crippen LogP) is 0.287. The summed E-state index contributed by atoms with van der Waals surface area (Å²) in [5.74, 6) is 0.217. The summed E-state index contributed by atoms with van der Waals surface area (Å²) in [5, 5.41) is 14.3. The van der Waals surface area contributed by atoms with E-state index >= 15 is 0 Å². The van der Waals surface area contributed by atoms with Gasteiger partial charge in [0.2, 0.25) is 0 Å². The molecule has 4 heteroatoms. The minimum absolute atomic E-state index is 0.0574. The number of hydrogen-bond donors (Lipinski definition) is 3. The first-order valence-electron chi connectivity index (χ1n) is 3.58. The monoisotopic (exact) mass is 157 g/mol. The van der Waals surface area contributed by atoms with Crippen LogP contribution in [0.3, 0.4) is 0 Å². The molecule has 0 radical (unpaired) electrons. The van der Waals surface area contributed by atoms with Gasteiger partial charge in [0.25, 0.3) is 0 Å². The van der Waals surface area contributed by atoms with Gasteiger partial charge in [-0.3, -0.25) is 0 Å². The lowest BCUT2D eigenvalue weighted by Gasteiger charge is -2.12. The molecule has 0 amide bonds. The van der Waals surface area contributed by atoms with E-state index in [0.717, 1.165) is 6.42 Å². The van der Waals surface area contributed by atoms with Crippen molar-refractivity contribution in [3.05, 3.63) is 12.7 Å². The van der Waals surface area contributed by atoms with Gasteiger partial charge in [0.1, 0.15) is 0 Å². The van der Waals surface area contributed by atoms with Gasteiger partial charge >= 0.3 is 0 Å². The smallest absolute Gasteiger partial charge is 0.156 e. The molecule has 0 saturated carbocycles. The molecule has 0 rings (SSSR count). The molecule has 1 atom stereocenters. The quantitative estimate of drug-likeness (QED) is 0.176. The third-order valence-corrected chi connectivity index (χ3v) is 1.39. The van der Waals surface area contributed by atoms with Crippen molar-refractivity contribution in [3.63, 3.8) is 0 Å². The van der Waals surface area contributed by atoms with E-state index in [1.165, 1.54) is 0 Å². The molecular weight excluding hydrogens is 142 g/mol. The van der Waals surface area contributed by atoms with Crippen LogP contribution in [-0.2, 0) is 0 Å². The van der Waals surface area contributed by atoms with Crippen LogP contribution in [0.4, 0.5) is 0 Å². The van der Waals surface area contributed by atoms with Crippen LogP contribution < -0.4 is 11.1 Å². The Morgan fingerprint density at radius 2 is 2.55 bits per heavy atom. The van der Waals surface area contributed by atoms with E-state index in [9.17, 15) is 0 Å². The van der Waals surface area contributed by atoms with Crippen LogP contribution in [0.2, 0.25) is 0 Å². The highest BCUT2D eigenvalue weighted by molar-refractivity contribution is 5.85. The average Bonchev–Trinajstić information content (AvgIpc) is 2.05. The van der Waals surface area contributed by atoms with Crippen molar-refractivity contribution in [3.8, 4) is 0 Å². The Morgan fingerprint density at radius 3 is 2.91 bits per heavy atom. The molecule has 64 valence electrons. The highest BCUT2D eigenvalue weighted by Crippen LogP contribution is 1.89. The lowest BCUT2D eigenvalue weighted by Crippen LogP contribution is -2.40. The molecule has 0 aromatic heterocycles. The van der Waals surface area contributed by atoms with Gasteiger partial charge in [-0.1, -0.05) is 18.2 Å². The van der Waals surface area contributed by atoms with Crippen LogP contribution in [0.25, 0.3) is 0 Å². The predicted molar refractivity (Wildman–Crippen MR) is 45.7 cm³/mol. The van der Waals surface area contributed by atoms with Crippen LogP contribution in [0, 0.1) is 0 Å². The molecular formula is C7H15N3O. The van der Waals surface area contributed by atoms with E-state index in [-0.39, 0.29) is 11.9 Å². The van der Waals surface area contributed by atoms with Crippen LogP contribution in [-0.4, -0.2) is 23.6 Å².